The number of piperidine rings is 2. The fourth-order valence-corrected chi connectivity index (χ4v) is 7.70. The number of ether oxygens (including phenoxy) is 2. The van der Waals surface area contributed by atoms with E-state index in [0.717, 1.165) is 25.0 Å². The Morgan fingerprint density at radius 1 is 0.552 bits per heavy atom. The normalized spacial score (nSPS) is 20.9. The summed E-state index contributed by atoms with van der Waals surface area (Å²) in [6.07, 6.45) is -15.2. The number of nitrogens with zero attached hydrogens (tertiary/aromatic N) is 2. The zero-order valence-corrected chi connectivity index (χ0v) is 39.5. The molecule has 0 bridgehead atoms. The maximum Gasteiger partial charge on any atom is 0.416 e. The lowest BCUT2D eigenvalue weighted by Gasteiger charge is -2.45. The molecule has 0 aromatic heterocycles. The van der Waals surface area contributed by atoms with Gasteiger partial charge in [-0.1, -0.05) is 27.7 Å². The molecular weight excluding hydrogens is 917 g/mol. The first-order valence-electron chi connectivity index (χ1n) is 22.0. The second-order valence-electron chi connectivity index (χ2n) is 18.6. The first-order valence-corrected chi connectivity index (χ1v) is 22.0. The molecule has 2 amide bonds. The highest BCUT2D eigenvalue weighted by atomic mass is 19.4. The molecule has 0 radical (unpaired) electrons. The minimum atomic E-state index is -4.88. The third kappa shape index (κ3) is 18.6. The Labute approximate surface area is 384 Å². The summed E-state index contributed by atoms with van der Waals surface area (Å²) < 4.78 is 163. The van der Waals surface area contributed by atoms with Gasteiger partial charge in [0.1, 0.15) is 17.0 Å². The number of amides is 2. The molecule has 0 spiro atoms. The standard InChI is InChI=1S/C23H32F6N2O2.C14H25NO3.C9H7F6N/c1-6-18-11-17(12-19(7-2)31(18)20(32)33-21(3,4)5)30-13-14-8-15(22(24,25)26)10-16(9-14)23(27,28)29;1-6-10-8-12(16)9-11(7-2)15(10)13(17)18-14(3,4)5;10-8(11,12)6-1-5(4-16)2-7(3-6)9(13,14)15/h8-10,17-19,30H,6-7,11-13H2,1-5H3;10-11H,6-9H2,1-5H3;1-3H,4,16H2/t17?,18-,19+;10-,11+;. The van der Waals surface area contributed by atoms with Crippen molar-refractivity contribution < 1.29 is 76.5 Å². The fraction of sp³-hybridized carbons (Fsp3) is 0.674. The van der Waals surface area contributed by atoms with Crippen LogP contribution in [0, 0.1) is 0 Å². The number of rotatable bonds is 8. The summed E-state index contributed by atoms with van der Waals surface area (Å²) in [5.74, 6) is 0.258. The van der Waals surface area contributed by atoms with E-state index in [1.54, 1.807) is 30.6 Å². The van der Waals surface area contributed by atoms with Gasteiger partial charge in [-0.15, -0.1) is 0 Å². The molecule has 2 aromatic rings. The van der Waals surface area contributed by atoms with Gasteiger partial charge in [-0.25, -0.2) is 9.59 Å². The molecule has 2 aliphatic heterocycles. The molecule has 1 unspecified atom stereocenters. The maximum absolute atomic E-state index is 13.1. The molecule has 21 heteroatoms. The van der Waals surface area contributed by atoms with Crippen molar-refractivity contribution in [1.82, 2.24) is 15.1 Å². The number of carbonyl (C=O) groups excluding carboxylic acids is 3. The van der Waals surface area contributed by atoms with Gasteiger partial charge in [-0.3, -0.25) is 4.79 Å². The molecule has 9 nitrogen and oxygen atoms in total. The number of ketones is 1. The van der Waals surface area contributed by atoms with Gasteiger partial charge in [0.15, 0.2) is 0 Å². The van der Waals surface area contributed by atoms with Crippen LogP contribution in [0.3, 0.4) is 0 Å². The summed E-state index contributed by atoms with van der Waals surface area (Å²) in [5.41, 5.74) is -1.74. The van der Waals surface area contributed by atoms with Crippen LogP contribution in [0.5, 0.6) is 0 Å². The minimum Gasteiger partial charge on any atom is -0.444 e. The van der Waals surface area contributed by atoms with Crippen molar-refractivity contribution in [3.05, 3.63) is 69.8 Å². The summed E-state index contributed by atoms with van der Waals surface area (Å²) in [6.45, 7) is 18.3. The monoisotopic (exact) mass is 980 g/mol. The first kappa shape index (κ1) is 58.9. The molecule has 5 atom stereocenters. The average molecular weight is 981 g/mol. The third-order valence-corrected chi connectivity index (χ3v) is 10.8. The number of benzene rings is 2. The Morgan fingerprint density at radius 2 is 0.851 bits per heavy atom. The molecule has 4 rings (SSSR count). The molecule has 67 heavy (non-hydrogen) atoms. The van der Waals surface area contributed by atoms with E-state index in [0.29, 0.717) is 50.7 Å². The Kier molecular flexibility index (Phi) is 20.5. The second-order valence-corrected chi connectivity index (χ2v) is 18.6. The van der Waals surface area contributed by atoms with Gasteiger partial charge in [0.25, 0.3) is 0 Å². The van der Waals surface area contributed by atoms with E-state index in [1.807, 2.05) is 48.5 Å². The van der Waals surface area contributed by atoms with Gasteiger partial charge in [-0.05, 0) is 128 Å². The highest BCUT2D eigenvalue weighted by Crippen LogP contribution is 2.38. The van der Waals surface area contributed by atoms with Crippen molar-refractivity contribution >= 4 is 18.0 Å². The van der Waals surface area contributed by atoms with Crippen LogP contribution in [-0.4, -0.2) is 69.2 Å². The molecule has 0 saturated carbocycles. The van der Waals surface area contributed by atoms with E-state index in [9.17, 15) is 67.1 Å². The largest absolute Gasteiger partial charge is 0.444 e. The van der Waals surface area contributed by atoms with Crippen molar-refractivity contribution in [2.24, 2.45) is 5.73 Å². The van der Waals surface area contributed by atoms with Crippen molar-refractivity contribution in [2.75, 3.05) is 0 Å². The van der Waals surface area contributed by atoms with Gasteiger partial charge in [0, 0.05) is 56.1 Å². The molecular formula is C46H64F12N4O5. The molecule has 2 aromatic carbocycles. The number of Topliss-reactive ketones (excluding diaryl/α,β-unsaturated/α-hetero) is 1. The summed E-state index contributed by atoms with van der Waals surface area (Å²) in [4.78, 5) is 40.2. The van der Waals surface area contributed by atoms with E-state index in [-0.39, 0.29) is 78.4 Å². The molecule has 3 N–H and O–H groups in total. The zero-order chi connectivity index (χ0) is 51.7. The van der Waals surface area contributed by atoms with E-state index in [4.69, 9.17) is 15.2 Å². The van der Waals surface area contributed by atoms with Crippen molar-refractivity contribution in [1.29, 1.82) is 0 Å². The van der Waals surface area contributed by atoms with Crippen LogP contribution < -0.4 is 11.1 Å². The fourth-order valence-electron chi connectivity index (χ4n) is 7.70. The predicted molar refractivity (Wildman–Crippen MR) is 227 cm³/mol. The lowest BCUT2D eigenvalue weighted by atomic mass is 9.88. The van der Waals surface area contributed by atoms with Crippen LogP contribution in [0.1, 0.15) is 154 Å². The van der Waals surface area contributed by atoms with Gasteiger partial charge in [-0.2, -0.15) is 52.7 Å². The molecule has 2 fully saturated rings. The minimum absolute atomic E-state index is 0.00829. The number of carbonyl (C=O) groups is 3. The van der Waals surface area contributed by atoms with Crippen LogP contribution in [0.2, 0.25) is 0 Å². The highest BCUT2D eigenvalue weighted by Gasteiger charge is 2.42. The number of alkyl halides is 12. The van der Waals surface area contributed by atoms with E-state index >= 15 is 0 Å². The van der Waals surface area contributed by atoms with Crippen LogP contribution in [0.15, 0.2) is 36.4 Å². The van der Waals surface area contributed by atoms with Crippen molar-refractivity contribution in [3.63, 3.8) is 0 Å². The summed E-state index contributed by atoms with van der Waals surface area (Å²) in [5, 5.41) is 3.12. The SMILES string of the molecule is CC[C@@H]1CC(=O)C[C@H](CC)N1C(=O)OC(C)(C)C.CC[C@@H]1CC(NCc2cc(C(F)(F)F)cc(C(F)(F)F)c2)C[C@H](CC)N1C(=O)OC(C)(C)C.NCc1cc(C(F)(F)F)cc(C(F)(F)F)c1. The Balaban J connectivity index is 0.000000381. The topological polar surface area (TPSA) is 114 Å². The van der Waals surface area contributed by atoms with Crippen LogP contribution >= 0.6 is 0 Å². The lowest BCUT2D eigenvalue weighted by Crippen LogP contribution is -2.56. The van der Waals surface area contributed by atoms with Gasteiger partial charge in [0.05, 0.1) is 22.3 Å². The number of likely N-dealkylation sites (tertiary alicyclic amines) is 2. The maximum atomic E-state index is 13.1. The van der Waals surface area contributed by atoms with E-state index in [2.05, 4.69) is 5.32 Å². The van der Waals surface area contributed by atoms with Gasteiger partial charge in [0.2, 0.25) is 0 Å². The Bertz CT molecular complexity index is 1840. The summed E-state index contributed by atoms with van der Waals surface area (Å²) in [7, 11) is 0. The number of halogens is 12. The Morgan fingerprint density at radius 3 is 1.12 bits per heavy atom. The number of hydrogen-bond acceptors (Lipinski definition) is 7. The first-order chi connectivity index (χ1) is 30.5. The number of hydrogen-bond donors (Lipinski definition) is 2. The smallest absolute Gasteiger partial charge is 0.416 e. The van der Waals surface area contributed by atoms with E-state index in [1.165, 1.54) is 0 Å². The summed E-state index contributed by atoms with van der Waals surface area (Å²) in [6, 6.07) is 2.41. The lowest BCUT2D eigenvalue weighted by molar-refractivity contribution is -0.144. The third-order valence-electron chi connectivity index (χ3n) is 10.8. The molecule has 382 valence electrons. The van der Waals surface area contributed by atoms with Crippen LogP contribution in [-0.2, 0) is 52.1 Å². The molecule has 2 saturated heterocycles. The molecule has 0 aliphatic carbocycles. The Hall–Kier alpha value is -4.27. The quantitative estimate of drug-likeness (QED) is 0.253. The van der Waals surface area contributed by atoms with Crippen molar-refractivity contribution in [2.45, 2.75) is 200 Å². The zero-order valence-electron chi connectivity index (χ0n) is 39.5. The second kappa shape index (κ2) is 23.4. The predicted octanol–water partition coefficient (Wildman–Crippen LogP) is 13.1. The van der Waals surface area contributed by atoms with Gasteiger partial charge >= 0.3 is 36.9 Å². The van der Waals surface area contributed by atoms with Crippen LogP contribution in [0.4, 0.5) is 62.3 Å². The number of nitrogens with one attached hydrogen (secondary N) is 1. The number of nitrogens with two attached hydrogens (primary N) is 1. The van der Waals surface area contributed by atoms with E-state index < -0.39 is 64.3 Å². The highest BCUT2D eigenvalue weighted by molar-refractivity contribution is 5.83. The van der Waals surface area contributed by atoms with Crippen LogP contribution in [0.25, 0.3) is 0 Å². The molecule has 2 aliphatic rings. The van der Waals surface area contributed by atoms with Gasteiger partial charge < -0.3 is 30.3 Å². The van der Waals surface area contributed by atoms with Crippen molar-refractivity contribution in [3.8, 4) is 0 Å². The average Bonchev–Trinajstić information content (AvgIpc) is 3.19. The summed E-state index contributed by atoms with van der Waals surface area (Å²) >= 11 is 0. The molecule has 2 heterocycles.